The van der Waals surface area contributed by atoms with E-state index in [0.717, 1.165) is 32.1 Å². The summed E-state index contributed by atoms with van der Waals surface area (Å²) in [6, 6.07) is 5.62. The van der Waals surface area contributed by atoms with Gasteiger partial charge in [-0.15, -0.1) is 0 Å². The highest BCUT2D eigenvalue weighted by Gasteiger charge is 2.39. The molecule has 1 aromatic rings. The van der Waals surface area contributed by atoms with Gasteiger partial charge in [0.05, 0.1) is 0 Å². The van der Waals surface area contributed by atoms with Crippen LogP contribution in [-0.2, 0) is 9.59 Å². The van der Waals surface area contributed by atoms with Gasteiger partial charge in [0.1, 0.15) is 0 Å². The lowest BCUT2D eigenvalue weighted by Crippen LogP contribution is -2.47. The fourth-order valence-electron chi connectivity index (χ4n) is 2.57. The number of carbonyl (C=O) groups excluding carboxylic acids is 3. The molecule has 25 heavy (non-hydrogen) atoms. The van der Waals surface area contributed by atoms with Crippen LogP contribution in [0.2, 0.25) is 0 Å². The molecule has 3 amide bonds. The molecule has 1 aromatic carbocycles. The van der Waals surface area contributed by atoms with Crippen molar-refractivity contribution < 1.29 is 27.6 Å². The molecule has 136 valence electrons. The SMILES string of the molecule is O=C(NNC(=O)C(F)(F)F)c1ccc(NC(=O)C2CCCCC2)cc1. The van der Waals surface area contributed by atoms with E-state index >= 15 is 0 Å². The second-order valence-electron chi connectivity index (χ2n) is 5.81. The fourth-order valence-corrected chi connectivity index (χ4v) is 2.57. The molecular formula is C16H18F3N3O3. The maximum absolute atomic E-state index is 12.1. The molecule has 0 bridgehead atoms. The maximum atomic E-state index is 12.1. The second-order valence-corrected chi connectivity index (χ2v) is 5.81. The number of amides is 3. The average Bonchev–Trinajstić information content (AvgIpc) is 2.60. The van der Waals surface area contributed by atoms with Crippen molar-refractivity contribution in [3.63, 3.8) is 0 Å². The van der Waals surface area contributed by atoms with Crippen LogP contribution < -0.4 is 16.2 Å². The van der Waals surface area contributed by atoms with E-state index in [1.54, 1.807) is 5.43 Å². The zero-order chi connectivity index (χ0) is 18.4. The van der Waals surface area contributed by atoms with E-state index in [2.05, 4.69) is 5.32 Å². The molecule has 0 unspecified atom stereocenters. The van der Waals surface area contributed by atoms with Crippen molar-refractivity contribution in [1.82, 2.24) is 10.9 Å². The molecule has 3 N–H and O–H groups in total. The summed E-state index contributed by atoms with van der Waals surface area (Å²) >= 11 is 0. The van der Waals surface area contributed by atoms with Crippen molar-refractivity contribution in [2.24, 2.45) is 5.92 Å². The van der Waals surface area contributed by atoms with Crippen LogP contribution in [0.25, 0.3) is 0 Å². The van der Waals surface area contributed by atoms with Crippen LogP contribution in [0.5, 0.6) is 0 Å². The summed E-state index contributed by atoms with van der Waals surface area (Å²) in [7, 11) is 0. The summed E-state index contributed by atoms with van der Waals surface area (Å²) < 4.78 is 36.1. The Morgan fingerprint density at radius 1 is 0.920 bits per heavy atom. The predicted octanol–water partition coefficient (Wildman–Crippen LogP) is 2.53. The number of hydrazine groups is 1. The lowest BCUT2D eigenvalue weighted by Gasteiger charge is -2.20. The van der Waals surface area contributed by atoms with Gasteiger partial charge < -0.3 is 5.32 Å². The normalized spacial score (nSPS) is 15.3. The number of benzene rings is 1. The first-order valence-corrected chi connectivity index (χ1v) is 7.86. The molecule has 0 saturated heterocycles. The minimum absolute atomic E-state index is 0.0192. The number of halogens is 3. The number of hydrogen-bond acceptors (Lipinski definition) is 3. The molecule has 0 heterocycles. The minimum Gasteiger partial charge on any atom is -0.326 e. The van der Waals surface area contributed by atoms with Gasteiger partial charge >= 0.3 is 12.1 Å². The summed E-state index contributed by atoms with van der Waals surface area (Å²) in [5.41, 5.74) is 3.48. The van der Waals surface area contributed by atoms with E-state index in [4.69, 9.17) is 0 Å². The van der Waals surface area contributed by atoms with Crippen molar-refractivity contribution in [2.45, 2.75) is 38.3 Å². The van der Waals surface area contributed by atoms with Crippen molar-refractivity contribution in [3.8, 4) is 0 Å². The summed E-state index contributed by atoms with van der Waals surface area (Å²) in [5, 5.41) is 2.76. The highest BCUT2D eigenvalue weighted by atomic mass is 19.4. The Morgan fingerprint density at radius 3 is 2.08 bits per heavy atom. The third-order valence-electron chi connectivity index (χ3n) is 3.94. The Hall–Kier alpha value is -2.58. The van der Waals surface area contributed by atoms with Crippen LogP contribution in [0.4, 0.5) is 18.9 Å². The van der Waals surface area contributed by atoms with Crippen LogP contribution in [0.3, 0.4) is 0 Å². The van der Waals surface area contributed by atoms with Gasteiger partial charge in [-0.2, -0.15) is 13.2 Å². The molecule has 1 aliphatic carbocycles. The standard InChI is InChI=1S/C16H18F3N3O3/c17-16(18,19)15(25)22-21-14(24)11-6-8-12(9-7-11)20-13(23)10-4-2-1-3-5-10/h6-10H,1-5H2,(H,20,23)(H,21,24)(H,22,25). The first-order valence-electron chi connectivity index (χ1n) is 7.86. The molecule has 0 aliphatic heterocycles. The second kappa shape index (κ2) is 8.00. The first-order chi connectivity index (χ1) is 11.8. The zero-order valence-corrected chi connectivity index (χ0v) is 13.3. The van der Waals surface area contributed by atoms with Gasteiger partial charge in [0.15, 0.2) is 0 Å². The van der Waals surface area contributed by atoms with Crippen molar-refractivity contribution in [1.29, 1.82) is 0 Å². The molecular weight excluding hydrogens is 339 g/mol. The molecule has 0 spiro atoms. The molecule has 1 fully saturated rings. The van der Waals surface area contributed by atoms with Gasteiger partial charge in [-0.05, 0) is 37.1 Å². The van der Waals surface area contributed by atoms with Gasteiger partial charge in [-0.25, -0.2) is 0 Å². The Morgan fingerprint density at radius 2 is 1.52 bits per heavy atom. The van der Waals surface area contributed by atoms with Crippen LogP contribution in [0.1, 0.15) is 42.5 Å². The summed E-state index contributed by atoms with van der Waals surface area (Å²) in [5.74, 6) is -3.26. The number of alkyl halides is 3. The Kier molecular flexibility index (Phi) is 6.00. The quantitative estimate of drug-likeness (QED) is 0.727. The van der Waals surface area contributed by atoms with E-state index < -0.39 is 18.0 Å². The van der Waals surface area contributed by atoms with Gasteiger partial charge in [0.2, 0.25) is 5.91 Å². The highest BCUT2D eigenvalue weighted by Crippen LogP contribution is 2.25. The van der Waals surface area contributed by atoms with Gasteiger partial charge in [0, 0.05) is 17.2 Å². The molecule has 0 radical (unpaired) electrons. The number of anilines is 1. The Balaban J connectivity index is 1.87. The van der Waals surface area contributed by atoms with Crippen LogP contribution >= 0.6 is 0 Å². The Labute approximate surface area is 142 Å². The molecule has 0 atom stereocenters. The molecule has 9 heteroatoms. The van der Waals surface area contributed by atoms with E-state index in [-0.39, 0.29) is 17.4 Å². The van der Waals surface area contributed by atoms with Gasteiger partial charge in [-0.1, -0.05) is 19.3 Å². The topological polar surface area (TPSA) is 87.3 Å². The van der Waals surface area contributed by atoms with Crippen molar-refractivity contribution in [3.05, 3.63) is 29.8 Å². The fraction of sp³-hybridized carbons (Fsp3) is 0.438. The average molecular weight is 357 g/mol. The monoisotopic (exact) mass is 357 g/mol. The minimum atomic E-state index is -5.08. The molecule has 6 nitrogen and oxygen atoms in total. The molecule has 0 aromatic heterocycles. The van der Waals surface area contributed by atoms with E-state index in [1.807, 2.05) is 0 Å². The third-order valence-corrected chi connectivity index (χ3v) is 3.94. The summed E-state index contributed by atoms with van der Waals surface area (Å²) in [6.45, 7) is 0. The smallest absolute Gasteiger partial charge is 0.326 e. The van der Waals surface area contributed by atoms with Crippen LogP contribution in [-0.4, -0.2) is 23.9 Å². The maximum Gasteiger partial charge on any atom is 0.472 e. The number of rotatable bonds is 3. The van der Waals surface area contributed by atoms with Gasteiger partial charge in [0.25, 0.3) is 5.91 Å². The van der Waals surface area contributed by atoms with E-state index in [9.17, 15) is 27.6 Å². The Bertz CT molecular complexity index is 638. The number of hydrogen-bond donors (Lipinski definition) is 3. The zero-order valence-electron chi connectivity index (χ0n) is 13.3. The lowest BCUT2D eigenvalue weighted by atomic mass is 9.88. The molecule has 1 saturated carbocycles. The molecule has 2 rings (SSSR count). The number of carbonyl (C=O) groups is 3. The van der Waals surface area contributed by atoms with Crippen LogP contribution in [0.15, 0.2) is 24.3 Å². The third kappa shape index (κ3) is 5.47. The van der Waals surface area contributed by atoms with E-state index in [0.29, 0.717) is 5.69 Å². The van der Waals surface area contributed by atoms with Gasteiger partial charge in [-0.3, -0.25) is 25.2 Å². The summed E-state index contributed by atoms with van der Waals surface area (Å²) in [4.78, 5) is 34.4. The van der Waals surface area contributed by atoms with Crippen molar-refractivity contribution >= 4 is 23.4 Å². The largest absolute Gasteiger partial charge is 0.472 e. The number of nitrogens with one attached hydrogen (secondary N) is 3. The summed E-state index contributed by atoms with van der Waals surface area (Å²) in [6.07, 6.45) is -0.183. The van der Waals surface area contributed by atoms with E-state index in [1.165, 1.54) is 29.7 Å². The highest BCUT2D eigenvalue weighted by molar-refractivity contribution is 5.97. The first kappa shape index (κ1) is 18.8. The molecule has 1 aliphatic rings. The predicted molar refractivity (Wildman–Crippen MR) is 83.3 cm³/mol. The van der Waals surface area contributed by atoms with Crippen molar-refractivity contribution in [2.75, 3.05) is 5.32 Å². The lowest BCUT2D eigenvalue weighted by molar-refractivity contribution is -0.174. The van der Waals surface area contributed by atoms with Crippen LogP contribution in [0, 0.1) is 5.92 Å².